The van der Waals surface area contributed by atoms with E-state index in [1.807, 2.05) is 48.8 Å². The molecule has 4 heterocycles. The standard InChI is InChI=1S/C21H16ClN7OS/c1-28-10-20(23-12-28)27-21(30)18-8-13(11-31-18)29-17-6-7-19(26-16(17)9-24-29)25-15-5-3-2-4-14(15)22/h2-12H,1H3,(H,25,26)(H,27,30). The number of amides is 1. The van der Waals surface area contributed by atoms with Gasteiger partial charge in [-0.3, -0.25) is 4.79 Å². The third-order valence-electron chi connectivity index (χ3n) is 4.56. The number of halogens is 1. The van der Waals surface area contributed by atoms with E-state index in [-0.39, 0.29) is 5.91 Å². The summed E-state index contributed by atoms with van der Waals surface area (Å²) in [5.74, 6) is 0.964. The zero-order valence-electron chi connectivity index (χ0n) is 16.3. The van der Waals surface area contributed by atoms with Gasteiger partial charge in [-0.15, -0.1) is 11.3 Å². The van der Waals surface area contributed by atoms with Gasteiger partial charge in [-0.05, 0) is 30.3 Å². The van der Waals surface area contributed by atoms with E-state index in [1.165, 1.54) is 11.3 Å². The molecule has 154 valence electrons. The Morgan fingerprint density at radius 2 is 2.03 bits per heavy atom. The minimum Gasteiger partial charge on any atom is -0.339 e. The lowest BCUT2D eigenvalue weighted by atomic mass is 10.3. The van der Waals surface area contributed by atoms with Crippen LogP contribution in [0.3, 0.4) is 0 Å². The fourth-order valence-electron chi connectivity index (χ4n) is 3.10. The molecular formula is C21H16ClN7OS. The number of nitrogens with zero attached hydrogens (tertiary/aromatic N) is 5. The van der Waals surface area contributed by atoms with Crippen molar-refractivity contribution in [1.29, 1.82) is 0 Å². The van der Waals surface area contributed by atoms with Crippen molar-refractivity contribution in [3.63, 3.8) is 0 Å². The molecule has 0 unspecified atom stereocenters. The smallest absolute Gasteiger partial charge is 0.267 e. The van der Waals surface area contributed by atoms with Gasteiger partial charge in [0.05, 0.1) is 39.3 Å². The van der Waals surface area contributed by atoms with Crippen LogP contribution in [0.15, 0.2) is 66.6 Å². The van der Waals surface area contributed by atoms with Gasteiger partial charge in [0.25, 0.3) is 5.91 Å². The molecule has 0 saturated carbocycles. The molecule has 0 spiro atoms. The Bertz CT molecular complexity index is 1400. The second-order valence-electron chi connectivity index (χ2n) is 6.81. The molecule has 2 N–H and O–H groups in total. The number of rotatable bonds is 5. The first-order valence-corrected chi connectivity index (χ1v) is 10.6. The summed E-state index contributed by atoms with van der Waals surface area (Å²) < 4.78 is 3.53. The van der Waals surface area contributed by atoms with E-state index in [0.717, 1.165) is 22.4 Å². The zero-order valence-corrected chi connectivity index (χ0v) is 17.9. The van der Waals surface area contributed by atoms with Crippen molar-refractivity contribution in [2.45, 2.75) is 0 Å². The van der Waals surface area contributed by atoms with Gasteiger partial charge in [0.2, 0.25) is 0 Å². The van der Waals surface area contributed by atoms with E-state index in [9.17, 15) is 4.79 Å². The average molecular weight is 450 g/mol. The Labute approximate surface area is 186 Å². The Morgan fingerprint density at radius 3 is 2.84 bits per heavy atom. The Balaban J connectivity index is 1.38. The quantitative estimate of drug-likeness (QED) is 0.399. The maximum Gasteiger partial charge on any atom is 0.267 e. The van der Waals surface area contributed by atoms with Crippen molar-refractivity contribution in [2.75, 3.05) is 10.6 Å². The van der Waals surface area contributed by atoms with Crippen LogP contribution >= 0.6 is 22.9 Å². The van der Waals surface area contributed by atoms with Gasteiger partial charge in [-0.1, -0.05) is 23.7 Å². The molecule has 1 amide bonds. The van der Waals surface area contributed by atoms with Crippen molar-refractivity contribution >= 4 is 57.2 Å². The summed E-state index contributed by atoms with van der Waals surface area (Å²) in [6, 6.07) is 13.1. The highest BCUT2D eigenvalue weighted by atomic mass is 35.5. The maximum atomic E-state index is 12.5. The number of carbonyl (C=O) groups excluding carboxylic acids is 1. The minimum absolute atomic E-state index is 0.212. The lowest BCUT2D eigenvalue weighted by Gasteiger charge is -2.07. The molecule has 1 aromatic carbocycles. The zero-order chi connectivity index (χ0) is 21.4. The van der Waals surface area contributed by atoms with Gasteiger partial charge < -0.3 is 15.2 Å². The minimum atomic E-state index is -0.212. The number of pyridine rings is 1. The van der Waals surface area contributed by atoms with Crippen LogP contribution in [0.4, 0.5) is 17.3 Å². The number of imidazole rings is 1. The molecule has 0 aliphatic heterocycles. The van der Waals surface area contributed by atoms with Gasteiger partial charge in [0.15, 0.2) is 5.82 Å². The van der Waals surface area contributed by atoms with Crippen LogP contribution in [0.25, 0.3) is 16.7 Å². The first-order valence-electron chi connectivity index (χ1n) is 9.31. The van der Waals surface area contributed by atoms with E-state index in [0.29, 0.717) is 21.5 Å². The van der Waals surface area contributed by atoms with Crippen LogP contribution in [-0.2, 0) is 7.05 Å². The number of hydrogen-bond acceptors (Lipinski definition) is 6. The number of para-hydroxylation sites is 1. The molecule has 10 heteroatoms. The lowest BCUT2D eigenvalue weighted by molar-refractivity contribution is 0.103. The summed E-state index contributed by atoms with van der Waals surface area (Å²) in [6.45, 7) is 0. The number of carbonyl (C=O) groups is 1. The molecule has 0 aliphatic rings. The number of aromatic nitrogens is 5. The predicted molar refractivity (Wildman–Crippen MR) is 123 cm³/mol. The molecule has 0 fully saturated rings. The highest BCUT2D eigenvalue weighted by Crippen LogP contribution is 2.27. The van der Waals surface area contributed by atoms with Crippen LogP contribution in [0.2, 0.25) is 5.02 Å². The summed E-state index contributed by atoms with van der Waals surface area (Å²) in [6.07, 6.45) is 5.07. The number of nitrogens with one attached hydrogen (secondary N) is 2. The van der Waals surface area contributed by atoms with Crippen molar-refractivity contribution in [3.8, 4) is 5.69 Å². The third kappa shape index (κ3) is 3.88. The van der Waals surface area contributed by atoms with Crippen LogP contribution in [0.1, 0.15) is 9.67 Å². The van der Waals surface area contributed by atoms with Gasteiger partial charge in [-0.2, -0.15) is 5.10 Å². The molecular weight excluding hydrogens is 434 g/mol. The summed E-state index contributed by atoms with van der Waals surface area (Å²) in [5, 5.41) is 13.0. The van der Waals surface area contributed by atoms with E-state index in [4.69, 9.17) is 11.6 Å². The number of benzene rings is 1. The Morgan fingerprint density at radius 1 is 1.16 bits per heavy atom. The average Bonchev–Trinajstić information content (AvgIpc) is 3.49. The molecule has 0 radical (unpaired) electrons. The van der Waals surface area contributed by atoms with E-state index in [1.54, 1.807) is 34.0 Å². The molecule has 0 aliphatic carbocycles. The largest absolute Gasteiger partial charge is 0.339 e. The summed E-state index contributed by atoms with van der Waals surface area (Å²) in [4.78, 5) is 21.8. The monoisotopic (exact) mass is 449 g/mol. The van der Waals surface area contributed by atoms with Gasteiger partial charge >= 0.3 is 0 Å². The molecule has 31 heavy (non-hydrogen) atoms. The summed E-state index contributed by atoms with van der Waals surface area (Å²) in [5.41, 5.74) is 3.13. The van der Waals surface area contributed by atoms with Crippen LogP contribution in [0.5, 0.6) is 0 Å². The fourth-order valence-corrected chi connectivity index (χ4v) is 4.05. The fraction of sp³-hybridized carbons (Fsp3) is 0.0476. The van der Waals surface area contributed by atoms with Crippen LogP contribution in [0, 0.1) is 0 Å². The topological polar surface area (TPSA) is 89.7 Å². The number of fused-ring (bicyclic) bond motifs is 1. The normalized spacial score (nSPS) is 11.0. The highest BCUT2D eigenvalue weighted by Gasteiger charge is 2.14. The SMILES string of the molecule is Cn1cnc(NC(=O)c2cc(-n3ncc4nc(Nc5ccccc5Cl)ccc43)cs2)c1. The summed E-state index contributed by atoms with van der Waals surface area (Å²) >= 11 is 7.56. The van der Waals surface area contributed by atoms with Crippen molar-refractivity contribution < 1.29 is 4.79 Å². The van der Waals surface area contributed by atoms with Gasteiger partial charge in [0.1, 0.15) is 11.3 Å². The molecule has 8 nitrogen and oxygen atoms in total. The number of thiophene rings is 1. The second kappa shape index (κ2) is 7.86. The Kier molecular flexibility index (Phi) is 4.89. The Hall–Kier alpha value is -3.69. The molecule has 0 saturated heterocycles. The number of anilines is 3. The lowest BCUT2D eigenvalue weighted by Crippen LogP contribution is -2.10. The van der Waals surface area contributed by atoms with Gasteiger partial charge in [-0.25, -0.2) is 14.6 Å². The van der Waals surface area contributed by atoms with Crippen molar-refractivity contribution in [1.82, 2.24) is 24.3 Å². The second-order valence-corrected chi connectivity index (χ2v) is 8.13. The van der Waals surface area contributed by atoms with E-state index < -0.39 is 0 Å². The first kappa shape index (κ1) is 19.3. The third-order valence-corrected chi connectivity index (χ3v) is 5.81. The van der Waals surface area contributed by atoms with E-state index in [2.05, 4.69) is 25.7 Å². The highest BCUT2D eigenvalue weighted by molar-refractivity contribution is 7.12. The van der Waals surface area contributed by atoms with Crippen LogP contribution < -0.4 is 10.6 Å². The number of aryl methyl sites for hydroxylation is 1. The first-order chi connectivity index (χ1) is 15.1. The van der Waals surface area contributed by atoms with Crippen molar-refractivity contribution in [2.24, 2.45) is 7.05 Å². The van der Waals surface area contributed by atoms with Crippen molar-refractivity contribution in [3.05, 3.63) is 76.5 Å². The maximum absolute atomic E-state index is 12.5. The van der Waals surface area contributed by atoms with Crippen LogP contribution in [-0.4, -0.2) is 30.2 Å². The van der Waals surface area contributed by atoms with Gasteiger partial charge in [0, 0.05) is 18.6 Å². The molecule has 0 bridgehead atoms. The molecule has 4 aromatic heterocycles. The predicted octanol–water partition coefficient (Wildman–Crippen LogP) is 4.86. The van der Waals surface area contributed by atoms with E-state index >= 15 is 0 Å². The molecule has 0 atom stereocenters. The summed E-state index contributed by atoms with van der Waals surface area (Å²) in [7, 11) is 1.85. The molecule has 5 rings (SSSR count). The number of hydrogen-bond donors (Lipinski definition) is 2. The molecule has 5 aromatic rings.